The smallest absolute Gasteiger partial charge is 0.268 e. The standard InChI is InChI=1S/C23H24N4O2/c1-15-9-13-27(20-7-3-5-16-4-2-6-18(16)20)23(29)21(15)22(28)26-12-10-17(14-26)19-8-11-24-25-19/h3,5,7-9,11,13,17H,2,4,6,10,12,14H2,1H3,(H,24,25). The van der Waals surface area contributed by atoms with Crippen LogP contribution in [0.2, 0.25) is 0 Å². The summed E-state index contributed by atoms with van der Waals surface area (Å²) in [5.74, 6) is 0.0709. The van der Waals surface area contributed by atoms with Crippen molar-refractivity contribution >= 4 is 5.91 Å². The molecule has 1 aliphatic carbocycles. The Morgan fingerprint density at radius 1 is 1.21 bits per heavy atom. The molecule has 5 rings (SSSR count). The van der Waals surface area contributed by atoms with Crippen molar-refractivity contribution < 1.29 is 4.79 Å². The predicted molar refractivity (Wildman–Crippen MR) is 111 cm³/mol. The number of aromatic nitrogens is 3. The van der Waals surface area contributed by atoms with Gasteiger partial charge in [-0.15, -0.1) is 0 Å². The van der Waals surface area contributed by atoms with Crippen molar-refractivity contribution in [2.45, 2.75) is 38.5 Å². The fourth-order valence-corrected chi connectivity index (χ4v) is 4.75. The van der Waals surface area contributed by atoms with Gasteiger partial charge in [0.05, 0.1) is 5.69 Å². The van der Waals surface area contributed by atoms with Crippen molar-refractivity contribution in [2.24, 2.45) is 0 Å². The van der Waals surface area contributed by atoms with E-state index in [4.69, 9.17) is 0 Å². The number of aryl methyl sites for hydroxylation is 2. The number of aromatic amines is 1. The lowest BCUT2D eigenvalue weighted by molar-refractivity contribution is 0.0788. The highest BCUT2D eigenvalue weighted by molar-refractivity contribution is 5.95. The number of hydrogen-bond donors (Lipinski definition) is 1. The molecule has 1 N–H and O–H groups in total. The highest BCUT2D eigenvalue weighted by Crippen LogP contribution is 2.28. The van der Waals surface area contributed by atoms with Gasteiger partial charge in [0.15, 0.2) is 0 Å². The molecule has 1 unspecified atom stereocenters. The highest BCUT2D eigenvalue weighted by Gasteiger charge is 2.31. The molecular weight excluding hydrogens is 364 g/mol. The lowest BCUT2D eigenvalue weighted by Gasteiger charge is -2.19. The Morgan fingerprint density at radius 2 is 2.10 bits per heavy atom. The summed E-state index contributed by atoms with van der Waals surface area (Å²) in [6.07, 6.45) is 7.56. The van der Waals surface area contributed by atoms with Crippen LogP contribution in [-0.4, -0.2) is 38.7 Å². The zero-order chi connectivity index (χ0) is 20.0. The van der Waals surface area contributed by atoms with Gasteiger partial charge in [0.1, 0.15) is 5.56 Å². The highest BCUT2D eigenvalue weighted by atomic mass is 16.2. The number of nitrogens with zero attached hydrogens (tertiary/aromatic N) is 3. The van der Waals surface area contributed by atoms with Gasteiger partial charge in [-0.2, -0.15) is 5.10 Å². The zero-order valence-electron chi connectivity index (χ0n) is 16.5. The van der Waals surface area contributed by atoms with Gasteiger partial charge in [-0.05, 0) is 67.5 Å². The maximum Gasteiger partial charge on any atom is 0.268 e. The summed E-state index contributed by atoms with van der Waals surface area (Å²) in [5, 5.41) is 7.02. The van der Waals surface area contributed by atoms with Gasteiger partial charge in [0.2, 0.25) is 0 Å². The summed E-state index contributed by atoms with van der Waals surface area (Å²) in [5.41, 5.74) is 5.29. The summed E-state index contributed by atoms with van der Waals surface area (Å²) in [7, 11) is 0. The fourth-order valence-electron chi connectivity index (χ4n) is 4.75. The van der Waals surface area contributed by atoms with Crippen molar-refractivity contribution in [3.8, 4) is 5.69 Å². The lowest BCUT2D eigenvalue weighted by Crippen LogP contribution is -2.36. The zero-order valence-corrected chi connectivity index (χ0v) is 16.5. The molecule has 6 heteroatoms. The first kappa shape index (κ1) is 17.9. The molecule has 2 aromatic heterocycles. The van der Waals surface area contributed by atoms with Gasteiger partial charge in [-0.3, -0.25) is 19.3 Å². The molecule has 1 amide bonds. The minimum Gasteiger partial charge on any atom is -0.338 e. The summed E-state index contributed by atoms with van der Waals surface area (Å²) < 4.78 is 1.66. The number of likely N-dealkylation sites (tertiary alicyclic amines) is 1. The molecule has 0 saturated carbocycles. The molecular formula is C23H24N4O2. The van der Waals surface area contributed by atoms with Crippen LogP contribution in [-0.2, 0) is 12.8 Å². The molecule has 1 aromatic carbocycles. The third-order valence-electron chi connectivity index (χ3n) is 6.33. The molecule has 29 heavy (non-hydrogen) atoms. The van der Waals surface area contributed by atoms with E-state index >= 15 is 0 Å². The molecule has 3 heterocycles. The second-order valence-electron chi connectivity index (χ2n) is 8.07. The molecule has 2 aliphatic rings. The Kier molecular flexibility index (Phi) is 4.34. The molecule has 6 nitrogen and oxygen atoms in total. The third-order valence-corrected chi connectivity index (χ3v) is 6.33. The van der Waals surface area contributed by atoms with Crippen molar-refractivity contribution in [3.63, 3.8) is 0 Å². The number of fused-ring (bicyclic) bond motifs is 1. The number of carbonyl (C=O) groups is 1. The minimum absolute atomic E-state index is 0.170. The lowest BCUT2D eigenvalue weighted by atomic mass is 10.1. The normalized spacial score (nSPS) is 18.2. The molecule has 1 atom stereocenters. The Hall–Kier alpha value is -3.15. The molecule has 1 fully saturated rings. The van der Waals surface area contributed by atoms with Crippen LogP contribution in [0.4, 0.5) is 0 Å². The van der Waals surface area contributed by atoms with Crippen molar-refractivity contribution in [1.82, 2.24) is 19.7 Å². The third kappa shape index (κ3) is 2.99. The van der Waals surface area contributed by atoms with Crippen LogP contribution in [0.15, 0.2) is 47.5 Å². The maximum atomic E-state index is 13.4. The van der Waals surface area contributed by atoms with Crippen molar-refractivity contribution in [1.29, 1.82) is 0 Å². The quantitative estimate of drug-likeness (QED) is 0.750. The first-order valence-electron chi connectivity index (χ1n) is 10.3. The first-order valence-corrected chi connectivity index (χ1v) is 10.3. The number of H-pyrrole nitrogens is 1. The van der Waals surface area contributed by atoms with E-state index in [9.17, 15) is 9.59 Å². The van der Waals surface area contributed by atoms with Crippen LogP contribution < -0.4 is 5.56 Å². The van der Waals surface area contributed by atoms with Gasteiger partial charge in [0, 0.05) is 37.1 Å². The number of rotatable bonds is 3. The van der Waals surface area contributed by atoms with Crippen molar-refractivity contribution in [3.05, 3.63) is 81.0 Å². The molecule has 0 bridgehead atoms. The van der Waals surface area contributed by atoms with Crippen molar-refractivity contribution in [2.75, 3.05) is 13.1 Å². The average Bonchev–Trinajstić information content (AvgIpc) is 3.48. The number of benzene rings is 1. The van der Waals surface area contributed by atoms with Gasteiger partial charge in [-0.1, -0.05) is 12.1 Å². The number of nitrogens with one attached hydrogen (secondary N) is 1. The van der Waals surface area contributed by atoms with E-state index in [-0.39, 0.29) is 22.9 Å². The first-order chi connectivity index (χ1) is 14.1. The molecule has 1 aliphatic heterocycles. The van der Waals surface area contributed by atoms with Gasteiger partial charge >= 0.3 is 0 Å². The van der Waals surface area contributed by atoms with Gasteiger partial charge in [-0.25, -0.2) is 0 Å². The maximum absolute atomic E-state index is 13.4. The fraction of sp³-hybridized carbons (Fsp3) is 0.348. The van der Waals surface area contributed by atoms with Crippen LogP contribution in [0.5, 0.6) is 0 Å². The van der Waals surface area contributed by atoms with Crippen LogP contribution in [0.3, 0.4) is 0 Å². The number of amides is 1. The van der Waals surface area contributed by atoms with E-state index in [0.717, 1.165) is 42.6 Å². The average molecular weight is 388 g/mol. The molecule has 3 aromatic rings. The van der Waals surface area contributed by atoms with Crippen LogP contribution in [0, 0.1) is 6.92 Å². The summed E-state index contributed by atoms with van der Waals surface area (Å²) >= 11 is 0. The van der Waals surface area contributed by atoms with Gasteiger partial charge in [0.25, 0.3) is 11.5 Å². The van der Waals surface area contributed by atoms with E-state index in [1.807, 2.05) is 31.2 Å². The minimum atomic E-state index is -0.222. The molecule has 148 valence electrons. The van der Waals surface area contributed by atoms with E-state index in [2.05, 4.69) is 16.3 Å². The van der Waals surface area contributed by atoms with Gasteiger partial charge < -0.3 is 4.90 Å². The van der Waals surface area contributed by atoms with Crippen LogP contribution in [0.1, 0.15) is 51.5 Å². The second kappa shape index (κ2) is 7.03. The number of hydrogen-bond acceptors (Lipinski definition) is 3. The summed E-state index contributed by atoms with van der Waals surface area (Å²) in [6, 6.07) is 9.96. The number of pyridine rings is 1. The Morgan fingerprint density at radius 3 is 2.93 bits per heavy atom. The Bertz CT molecular complexity index is 1130. The summed E-state index contributed by atoms with van der Waals surface area (Å²) in [6.45, 7) is 3.10. The Balaban J connectivity index is 1.50. The molecule has 1 saturated heterocycles. The van der Waals surface area contributed by atoms with E-state index < -0.39 is 0 Å². The second-order valence-corrected chi connectivity index (χ2v) is 8.07. The topological polar surface area (TPSA) is 71.0 Å². The van der Waals surface area contributed by atoms with Crippen LogP contribution in [0.25, 0.3) is 5.69 Å². The van der Waals surface area contributed by atoms with E-state index in [1.165, 1.54) is 11.1 Å². The monoisotopic (exact) mass is 388 g/mol. The van der Waals surface area contributed by atoms with E-state index in [1.54, 1.807) is 21.9 Å². The summed E-state index contributed by atoms with van der Waals surface area (Å²) in [4.78, 5) is 28.5. The van der Waals surface area contributed by atoms with E-state index in [0.29, 0.717) is 13.1 Å². The predicted octanol–water partition coefficient (Wildman–Crippen LogP) is 2.99. The molecule has 0 spiro atoms. The van der Waals surface area contributed by atoms with Crippen LogP contribution >= 0.6 is 0 Å². The Labute approximate surface area is 169 Å². The molecule has 0 radical (unpaired) electrons. The SMILES string of the molecule is Cc1ccn(-c2cccc3c2CCC3)c(=O)c1C(=O)N1CCC(c2ccn[nH]2)C1. The largest absolute Gasteiger partial charge is 0.338 e. The number of carbonyl (C=O) groups excluding carboxylic acids is 1.